The summed E-state index contributed by atoms with van der Waals surface area (Å²) in [4.78, 5) is 12.2. The highest BCUT2D eigenvalue weighted by Crippen LogP contribution is 2.42. The molecule has 0 atom stereocenters. The van der Waals surface area contributed by atoms with Gasteiger partial charge in [-0.05, 0) is 90.6 Å². The van der Waals surface area contributed by atoms with Crippen molar-refractivity contribution in [2.75, 3.05) is 12.3 Å². The predicted octanol–water partition coefficient (Wildman–Crippen LogP) is 6.40. The average Bonchev–Trinajstić information content (AvgIpc) is 2.82. The van der Waals surface area contributed by atoms with Crippen molar-refractivity contribution in [3.05, 3.63) is 82.4 Å². The largest absolute Gasteiger partial charge is 0.398 e. The van der Waals surface area contributed by atoms with Gasteiger partial charge in [0.1, 0.15) is 0 Å². The second kappa shape index (κ2) is 10.7. The first-order valence-electron chi connectivity index (χ1n) is 11.3. The number of amides is 1. The van der Waals surface area contributed by atoms with Gasteiger partial charge in [0.15, 0.2) is 0 Å². The number of nitrogens with two attached hydrogens (primary N) is 1. The quantitative estimate of drug-likeness (QED) is 0.399. The van der Waals surface area contributed by atoms with Gasteiger partial charge in [-0.1, -0.05) is 49.8 Å². The van der Waals surface area contributed by atoms with Crippen molar-refractivity contribution in [2.45, 2.75) is 46.0 Å². The van der Waals surface area contributed by atoms with Gasteiger partial charge in [-0.25, -0.2) is 0 Å². The number of aryl methyl sites for hydroxylation is 1. The molecule has 1 aliphatic rings. The monoisotopic (exact) mass is 424 g/mol. The molecule has 2 aromatic rings. The van der Waals surface area contributed by atoms with Gasteiger partial charge in [-0.15, -0.1) is 6.42 Å². The fourth-order valence-electron chi connectivity index (χ4n) is 4.31. The number of carbonyl (C=O) groups is 1. The van der Waals surface area contributed by atoms with Crippen molar-refractivity contribution < 1.29 is 4.79 Å². The van der Waals surface area contributed by atoms with Gasteiger partial charge >= 0.3 is 0 Å². The van der Waals surface area contributed by atoms with E-state index in [0.717, 1.165) is 54.5 Å². The topological polar surface area (TPSA) is 55.1 Å². The Hall–Kier alpha value is -3.51. The minimum Gasteiger partial charge on any atom is -0.398 e. The van der Waals surface area contributed by atoms with Crippen molar-refractivity contribution in [1.29, 1.82) is 0 Å². The average molecular weight is 425 g/mol. The summed E-state index contributed by atoms with van der Waals surface area (Å²) in [5.41, 5.74) is 16.1. The van der Waals surface area contributed by atoms with Gasteiger partial charge in [-0.3, -0.25) is 4.79 Å². The standard InChI is InChI=1S/C29H32N2O/c1-5-7-10-26-27(30)18-13-20(3)28(26)25-12-9-8-11-24(25)21(4)22-14-16-23(17-15-22)29(32)31-19-6-2/h2,7,10,13-18H,4-5,8-9,11-12,19,30H2,1,3H3,(H,31,32)/b10-7+. The van der Waals surface area contributed by atoms with Crippen LogP contribution in [-0.2, 0) is 0 Å². The third-order valence-corrected chi connectivity index (χ3v) is 5.99. The highest BCUT2D eigenvalue weighted by atomic mass is 16.1. The number of hydrogen-bond acceptors (Lipinski definition) is 2. The second-order valence-corrected chi connectivity index (χ2v) is 8.18. The molecule has 0 saturated carbocycles. The summed E-state index contributed by atoms with van der Waals surface area (Å²) in [7, 11) is 0. The Balaban J connectivity index is 2.03. The number of carbonyl (C=O) groups excluding carboxylic acids is 1. The van der Waals surface area contributed by atoms with Crippen molar-refractivity contribution in [3.63, 3.8) is 0 Å². The maximum Gasteiger partial charge on any atom is 0.252 e. The van der Waals surface area contributed by atoms with Gasteiger partial charge in [0.05, 0.1) is 6.54 Å². The molecule has 0 fully saturated rings. The van der Waals surface area contributed by atoms with E-state index in [1.807, 2.05) is 30.3 Å². The lowest BCUT2D eigenvalue weighted by Crippen LogP contribution is -2.23. The molecule has 0 aliphatic heterocycles. The first-order chi connectivity index (χ1) is 15.5. The van der Waals surface area contributed by atoms with E-state index in [2.05, 4.69) is 49.9 Å². The highest BCUT2D eigenvalue weighted by Gasteiger charge is 2.21. The Morgan fingerprint density at radius 1 is 1.16 bits per heavy atom. The van der Waals surface area contributed by atoms with Crippen molar-refractivity contribution in [3.8, 4) is 12.3 Å². The van der Waals surface area contributed by atoms with Crippen LogP contribution in [0.25, 0.3) is 17.2 Å². The van der Waals surface area contributed by atoms with E-state index in [0.29, 0.717) is 5.56 Å². The van der Waals surface area contributed by atoms with E-state index in [1.54, 1.807) is 0 Å². The molecular weight excluding hydrogens is 392 g/mol. The molecule has 0 heterocycles. The zero-order valence-corrected chi connectivity index (χ0v) is 19.1. The molecule has 3 nitrogen and oxygen atoms in total. The summed E-state index contributed by atoms with van der Waals surface area (Å²) in [6.07, 6.45) is 14.8. The zero-order chi connectivity index (χ0) is 23.1. The minimum absolute atomic E-state index is 0.166. The fraction of sp³-hybridized carbons (Fsp3) is 0.276. The minimum atomic E-state index is -0.166. The Morgan fingerprint density at radius 3 is 2.53 bits per heavy atom. The lowest BCUT2D eigenvalue weighted by Gasteiger charge is -2.26. The van der Waals surface area contributed by atoms with Crippen LogP contribution >= 0.6 is 0 Å². The van der Waals surface area contributed by atoms with Crippen LogP contribution in [0.2, 0.25) is 0 Å². The van der Waals surface area contributed by atoms with Gasteiger partial charge in [0.2, 0.25) is 0 Å². The smallest absolute Gasteiger partial charge is 0.252 e. The number of anilines is 1. The Morgan fingerprint density at radius 2 is 1.84 bits per heavy atom. The van der Waals surface area contributed by atoms with Crippen LogP contribution in [0.5, 0.6) is 0 Å². The zero-order valence-electron chi connectivity index (χ0n) is 19.1. The van der Waals surface area contributed by atoms with Crippen molar-refractivity contribution in [2.24, 2.45) is 0 Å². The summed E-state index contributed by atoms with van der Waals surface area (Å²) in [6, 6.07) is 11.7. The molecule has 3 N–H and O–H groups in total. The third kappa shape index (κ3) is 5.03. The van der Waals surface area contributed by atoms with Gasteiger partial charge in [0.25, 0.3) is 5.91 Å². The molecule has 0 unspecified atom stereocenters. The highest BCUT2D eigenvalue weighted by molar-refractivity contribution is 5.96. The maximum absolute atomic E-state index is 12.2. The number of nitrogens with one attached hydrogen (secondary N) is 1. The summed E-state index contributed by atoms with van der Waals surface area (Å²) in [5.74, 6) is 2.25. The normalized spacial score (nSPS) is 13.8. The van der Waals surface area contributed by atoms with Crippen LogP contribution in [0, 0.1) is 19.3 Å². The lowest BCUT2D eigenvalue weighted by atomic mass is 9.79. The van der Waals surface area contributed by atoms with E-state index in [4.69, 9.17) is 12.2 Å². The molecule has 2 aromatic carbocycles. The van der Waals surface area contributed by atoms with Crippen LogP contribution in [0.1, 0.15) is 71.6 Å². The Bertz CT molecular complexity index is 1110. The van der Waals surface area contributed by atoms with Crippen LogP contribution in [0.3, 0.4) is 0 Å². The van der Waals surface area contributed by atoms with E-state index in [1.165, 1.54) is 22.3 Å². The van der Waals surface area contributed by atoms with Crippen LogP contribution in [0.4, 0.5) is 5.69 Å². The summed E-state index contributed by atoms with van der Waals surface area (Å²) < 4.78 is 0. The maximum atomic E-state index is 12.2. The fourth-order valence-corrected chi connectivity index (χ4v) is 4.31. The number of benzene rings is 2. The van der Waals surface area contributed by atoms with Crippen molar-refractivity contribution >= 4 is 28.8 Å². The lowest BCUT2D eigenvalue weighted by molar-refractivity contribution is 0.0958. The van der Waals surface area contributed by atoms with Crippen molar-refractivity contribution in [1.82, 2.24) is 5.32 Å². The molecular formula is C29H32N2O. The SMILES string of the molecule is C#CCNC(=O)c1ccc(C(=C)C2=C(c3c(C)ccc(N)c3/C=C/CC)CCCC2)cc1. The molecule has 0 radical (unpaired) electrons. The number of allylic oxidation sites excluding steroid dienone is 4. The Labute approximate surface area is 192 Å². The first-order valence-corrected chi connectivity index (χ1v) is 11.3. The number of rotatable bonds is 7. The molecule has 3 rings (SSSR count). The number of hydrogen-bond donors (Lipinski definition) is 2. The summed E-state index contributed by atoms with van der Waals surface area (Å²) >= 11 is 0. The molecule has 1 amide bonds. The second-order valence-electron chi connectivity index (χ2n) is 8.18. The van der Waals surface area contributed by atoms with Crippen LogP contribution < -0.4 is 11.1 Å². The summed E-state index contributed by atoms with van der Waals surface area (Å²) in [5, 5.41) is 2.70. The molecule has 3 heteroatoms. The van der Waals surface area contributed by atoms with E-state index >= 15 is 0 Å². The predicted molar refractivity (Wildman–Crippen MR) is 137 cm³/mol. The molecule has 0 bridgehead atoms. The molecule has 164 valence electrons. The van der Waals surface area contributed by atoms with Gasteiger partial charge < -0.3 is 11.1 Å². The van der Waals surface area contributed by atoms with Crippen LogP contribution in [0.15, 0.2) is 54.6 Å². The van der Waals surface area contributed by atoms with E-state index < -0.39 is 0 Å². The van der Waals surface area contributed by atoms with E-state index in [9.17, 15) is 4.79 Å². The van der Waals surface area contributed by atoms with Gasteiger partial charge in [-0.2, -0.15) is 0 Å². The molecule has 1 aliphatic carbocycles. The molecule has 0 spiro atoms. The van der Waals surface area contributed by atoms with Crippen LogP contribution in [-0.4, -0.2) is 12.5 Å². The molecule has 0 aromatic heterocycles. The molecule has 32 heavy (non-hydrogen) atoms. The van der Waals surface area contributed by atoms with E-state index in [-0.39, 0.29) is 12.5 Å². The molecule has 0 saturated heterocycles. The summed E-state index contributed by atoms with van der Waals surface area (Å²) in [6.45, 7) is 8.97. The number of terminal acetylenes is 1. The third-order valence-electron chi connectivity index (χ3n) is 5.99. The van der Waals surface area contributed by atoms with Gasteiger partial charge in [0, 0.05) is 16.8 Å². The number of nitrogen functional groups attached to an aromatic ring is 1. The Kier molecular flexibility index (Phi) is 7.73. The first kappa shape index (κ1) is 23.2.